The molecule has 6 heteroatoms. The van der Waals surface area contributed by atoms with E-state index >= 15 is 0 Å². The number of terminal acetylenes is 1. The van der Waals surface area contributed by atoms with Gasteiger partial charge in [0.1, 0.15) is 18.2 Å². The minimum Gasteiger partial charge on any atom is -0.479 e. The molecule has 0 radical (unpaired) electrons. The first kappa shape index (κ1) is 15.8. The summed E-state index contributed by atoms with van der Waals surface area (Å²) in [6, 6.07) is 3.19. The summed E-state index contributed by atoms with van der Waals surface area (Å²) in [6.07, 6.45) is 5.08. The van der Waals surface area contributed by atoms with Crippen LogP contribution in [0.4, 0.5) is 14.9 Å². The summed E-state index contributed by atoms with van der Waals surface area (Å²) in [6.45, 7) is 2.17. The quantitative estimate of drug-likeness (QED) is 0.783. The Morgan fingerprint density at radius 1 is 1.55 bits per heavy atom. The average molecular weight is 280 g/mol. The van der Waals surface area contributed by atoms with E-state index < -0.39 is 11.8 Å². The van der Waals surface area contributed by atoms with Crippen LogP contribution in [-0.4, -0.2) is 32.4 Å². The van der Waals surface area contributed by atoms with Crippen molar-refractivity contribution in [1.82, 2.24) is 5.32 Å². The Kier molecular flexibility index (Phi) is 6.33. The van der Waals surface area contributed by atoms with Gasteiger partial charge in [-0.1, -0.05) is 5.92 Å². The molecule has 0 heterocycles. The summed E-state index contributed by atoms with van der Waals surface area (Å²) in [5.74, 6) is 1.98. The van der Waals surface area contributed by atoms with Gasteiger partial charge < -0.3 is 20.1 Å². The van der Waals surface area contributed by atoms with E-state index in [1.165, 1.54) is 12.1 Å². The van der Waals surface area contributed by atoms with Gasteiger partial charge in [-0.25, -0.2) is 9.18 Å². The molecule has 5 nitrogen and oxygen atoms in total. The molecule has 108 valence electrons. The first-order chi connectivity index (χ1) is 9.56. The number of hydrogen-bond donors (Lipinski definition) is 2. The number of amides is 2. The Morgan fingerprint density at radius 2 is 2.30 bits per heavy atom. The Labute approximate surface area is 117 Å². The second-order valence-electron chi connectivity index (χ2n) is 4.09. The molecule has 2 N–H and O–H groups in total. The van der Waals surface area contributed by atoms with Gasteiger partial charge in [-0.15, -0.1) is 6.42 Å². The molecular formula is C14H17FN2O3. The zero-order chi connectivity index (χ0) is 15.0. The summed E-state index contributed by atoms with van der Waals surface area (Å²) < 4.78 is 23.2. The smallest absolute Gasteiger partial charge is 0.319 e. The highest BCUT2D eigenvalue weighted by Gasteiger charge is 2.11. The molecule has 0 saturated heterocycles. The number of benzene rings is 1. The van der Waals surface area contributed by atoms with Crippen LogP contribution in [0.3, 0.4) is 0 Å². The number of nitrogens with one attached hydrogen (secondary N) is 2. The number of carbonyl (C=O) groups is 1. The predicted octanol–water partition coefficient (Wildman–Crippen LogP) is 1.99. The fourth-order valence-electron chi connectivity index (χ4n) is 1.51. The minimum atomic E-state index is -0.476. The van der Waals surface area contributed by atoms with Gasteiger partial charge in [0.2, 0.25) is 0 Å². The van der Waals surface area contributed by atoms with Crippen LogP contribution >= 0.6 is 0 Å². The van der Waals surface area contributed by atoms with E-state index in [4.69, 9.17) is 15.9 Å². The van der Waals surface area contributed by atoms with Gasteiger partial charge in [0, 0.05) is 13.2 Å². The van der Waals surface area contributed by atoms with Crippen LogP contribution in [-0.2, 0) is 4.74 Å². The third-order valence-electron chi connectivity index (χ3n) is 2.30. The van der Waals surface area contributed by atoms with E-state index in [0.717, 1.165) is 6.07 Å². The van der Waals surface area contributed by atoms with Crippen molar-refractivity contribution in [2.75, 3.05) is 25.6 Å². The van der Waals surface area contributed by atoms with Gasteiger partial charge in [0.15, 0.2) is 0 Å². The highest BCUT2D eigenvalue weighted by molar-refractivity contribution is 5.91. The van der Waals surface area contributed by atoms with Crippen LogP contribution < -0.4 is 15.4 Å². The lowest BCUT2D eigenvalue weighted by Crippen LogP contribution is -2.38. The largest absolute Gasteiger partial charge is 0.479 e. The van der Waals surface area contributed by atoms with E-state index in [1.807, 2.05) is 0 Å². The monoisotopic (exact) mass is 280 g/mol. The van der Waals surface area contributed by atoms with Crippen molar-refractivity contribution in [3.8, 4) is 18.1 Å². The zero-order valence-corrected chi connectivity index (χ0v) is 11.4. The Bertz CT molecular complexity index is 500. The van der Waals surface area contributed by atoms with Crippen molar-refractivity contribution < 1.29 is 18.7 Å². The molecule has 0 aliphatic carbocycles. The number of rotatable bonds is 6. The first-order valence-electron chi connectivity index (χ1n) is 5.99. The van der Waals surface area contributed by atoms with E-state index in [9.17, 15) is 9.18 Å². The van der Waals surface area contributed by atoms with Crippen molar-refractivity contribution in [1.29, 1.82) is 0 Å². The van der Waals surface area contributed by atoms with Gasteiger partial charge in [0.25, 0.3) is 0 Å². The summed E-state index contributed by atoms with van der Waals surface area (Å²) in [5, 5.41) is 5.23. The van der Waals surface area contributed by atoms with Crippen LogP contribution in [0.5, 0.6) is 5.75 Å². The van der Waals surface area contributed by atoms with Crippen LogP contribution in [0.1, 0.15) is 6.92 Å². The van der Waals surface area contributed by atoms with Gasteiger partial charge in [0.05, 0.1) is 18.3 Å². The Balaban J connectivity index is 2.71. The highest BCUT2D eigenvalue weighted by atomic mass is 19.1. The summed E-state index contributed by atoms with van der Waals surface area (Å²) in [5.41, 5.74) is 0.337. The number of halogens is 1. The van der Waals surface area contributed by atoms with E-state index in [1.54, 1.807) is 14.0 Å². The number of anilines is 1. The van der Waals surface area contributed by atoms with Crippen LogP contribution in [0.15, 0.2) is 18.2 Å². The molecule has 0 saturated carbocycles. The lowest BCUT2D eigenvalue weighted by molar-refractivity contribution is 0.173. The number of ether oxygens (including phenoxy) is 2. The van der Waals surface area contributed by atoms with Crippen molar-refractivity contribution in [3.05, 3.63) is 24.0 Å². The second kappa shape index (κ2) is 8.02. The molecule has 20 heavy (non-hydrogen) atoms. The van der Waals surface area contributed by atoms with Gasteiger partial charge in [-0.05, 0) is 19.1 Å². The molecule has 0 aromatic heterocycles. The molecule has 0 aliphatic heterocycles. The number of carbonyl (C=O) groups excluding carboxylic acids is 1. The molecular weight excluding hydrogens is 263 g/mol. The Hall–Kier alpha value is -2.26. The van der Waals surface area contributed by atoms with Crippen molar-refractivity contribution >= 4 is 11.7 Å². The lowest BCUT2D eigenvalue weighted by atomic mass is 10.3. The molecule has 0 fully saturated rings. The van der Waals surface area contributed by atoms with Crippen LogP contribution in [0.2, 0.25) is 0 Å². The molecule has 0 aliphatic rings. The fourth-order valence-corrected chi connectivity index (χ4v) is 1.51. The third-order valence-corrected chi connectivity index (χ3v) is 2.30. The summed E-state index contributed by atoms with van der Waals surface area (Å²) >= 11 is 0. The zero-order valence-electron chi connectivity index (χ0n) is 11.4. The van der Waals surface area contributed by atoms with Crippen molar-refractivity contribution in [3.63, 3.8) is 0 Å². The fraction of sp³-hybridized carbons (Fsp3) is 0.357. The topological polar surface area (TPSA) is 59.6 Å². The van der Waals surface area contributed by atoms with Crippen LogP contribution in [0.25, 0.3) is 0 Å². The SMILES string of the molecule is C#CCOc1cc(F)ccc1NC(=O)N[C@H](C)COC. The molecule has 1 aromatic carbocycles. The van der Waals surface area contributed by atoms with Crippen molar-refractivity contribution in [2.24, 2.45) is 0 Å². The Morgan fingerprint density at radius 3 is 2.95 bits per heavy atom. The number of urea groups is 1. The first-order valence-corrected chi connectivity index (χ1v) is 5.99. The maximum atomic E-state index is 13.1. The molecule has 0 spiro atoms. The van der Waals surface area contributed by atoms with Crippen LogP contribution in [0, 0.1) is 18.2 Å². The molecule has 0 unspecified atom stereocenters. The van der Waals surface area contributed by atoms with Gasteiger partial charge in [-0.3, -0.25) is 0 Å². The normalized spacial score (nSPS) is 11.3. The summed E-state index contributed by atoms with van der Waals surface area (Å²) in [7, 11) is 1.54. The maximum Gasteiger partial charge on any atom is 0.319 e. The number of methoxy groups -OCH3 is 1. The second-order valence-corrected chi connectivity index (χ2v) is 4.09. The van der Waals surface area contributed by atoms with Gasteiger partial charge >= 0.3 is 6.03 Å². The minimum absolute atomic E-state index is 0.0141. The molecule has 2 amide bonds. The standard InChI is InChI=1S/C14H17FN2O3/c1-4-7-20-13-8-11(15)5-6-12(13)17-14(18)16-10(2)9-19-3/h1,5-6,8,10H,7,9H2,2-3H3,(H2,16,17,18)/t10-/m1/s1. The average Bonchev–Trinajstić information content (AvgIpc) is 2.39. The van der Waals surface area contributed by atoms with E-state index in [2.05, 4.69) is 16.6 Å². The highest BCUT2D eigenvalue weighted by Crippen LogP contribution is 2.25. The molecule has 1 rings (SSSR count). The predicted molar refractivity (Wildman–Crippen MR) is 74.2 cm³/mol. The van der Waals surface area contributed by atoms with E-state index in [0.29, 0.717) is 12.3 Å². The van der Waals surface area contributed by atoms with Crippen molar-refractivity contribution in [2.45, 2.75) is 13.0 Å². The van der Waals surface area contributed by atoms with Gasteiger partial charge in [-0.2, -0.15) is 0 Å². The lowest BCUT2D eigenvalue weighted by Gasteiger charge is -2.15. The van der Waals surface area contributed by atoms with E-state index in [-0.39, 0.29) is 18.4 Å². The number of hydrogen-bond acceptors (Lipinski definition) is 3. The third kappa shape index (κ3) is 5.16. The molecule has 0 bridgehead atoms. The molecule has 1 aromatic rings. The molecule has 1 atom stereocenters. The summed E-state index contributed by atoms with van der Waals surface area (Å²) in [4.78, 5) is 11.7. The maximum absolute atomic E-state index is 13.1.